The van der Waals surface area contributed by atoms with Crippen LogP contribution in [0.25, 0.3) is 0 Å². The fourth-order valence-electron chi connectivity index (χ4n) is 1.92. The summed E-state index contributed by atoms with van der Waals surface area (Å²) in [7, 11) is 0. The number of carbonyl (C=O) groups is 1. The fourth-order valence-corrected chi connectivity index (χ4v) is 1.92. The first-order valence-electron chi connectivity index (χ1n) is 7.14. The van der Waals surface area contributed by atoms with Gasteiger partial charge in [0.1, 0.15) is 5.60 Å². The lowest BCUT2D eigenvalue weighted by Gasteiger charge is -2.22. The van der Waals surface area contributed by atoms with Gasteiger partial charge in [0.15, 0.2) is 0 Å². The number of alkyl carbamates (subject to hydrolysis) is 1. The normalized spacial score (nSPS) is 12.8. The predicted octanol–water partition coefficient (Wildman–Crippen LogP) is 3.17. The summed E-state index contributed by atoms with van der Waals surface area (Å²) in [6.45, 7) is 7.75. The molecule has 0 heterocycles. The van der Waals surface area contributed by atoms with Crippen molar-refractivity contribution in [1.29, 1.82) is 0 Å². The van der Waals surface area contributed by atoms with E-state index in [0.29, 0.717) is 6.42 Å². The molecule has 0 aliphatic rings. The number of nitrogens with one attached hydrogen (secondary N) is 1. The van der Waals surface area contributed by atoms with Gasteiger partial charge in [0, 0.05) is 6.04 Å². The zero-order chi connectivity index (χ0) is 15.9. The van der Waals surface area contributed by atoms with Gasteiger partial charge in [-0.2, -0.15) is 0 Å². The number of rotatable bonds is 6. The lowest BCUT2D eigenvalue weighted by Crippen LogP contribution is -2.38. The predicted molar refractivity (Wildman–Crippen MR) is 81.3 cm³/mol. The topological polar surface area (TPSA) is 67.8 Å². The lowest BCUT2D eigenvalue weighted by molar-refractivity contribution is -0.241. The summed E-state index contributed by atoms with van der Waals surface area (Å²) in [5.74, 6) is 0. The molecule has 118 valence electrons. The van der Waals surface area contributed by atoms with Crippen LogP contribution in [0, 0.1) is 0 Å². The Labute approximate surface area is 126 Å². The Balaban J connectivity index is 2.43. The van der Waals surface area contributed by atoms with Gasteiger partial charge in [-0.3, -0.25) is 5.26 Å². The van der Waals surface area contributed by atoms with E-state index in [0.717, 1.165) is 17.5 Å². The second-order valence-corrected chi connectivity index (χ2v) is 6.15. The molecule has 0 aliphatic heterocycles. The molecular weight excluding hydrogens is 270 g/mol. The molecule has 0 fully saturated rings. The van der Waals surface area contributed by atoms with Crippen molar-refractivity contribution in [3.63, 3.8) is 0 Å². The summed E-state index contributed by atoms with van der Waals surface area (Å²) in [6.07, 6.45) is 1.00. The molecule has 1 amide bonds. The molecule has 0 aromatic heterocycles. The Morgan fingerprint density at radius 2 is 1.81 bits per heavy atom. The molecule has 1 aromatic carbocycles. The van der Waals surface area contributed by atoms with E-state index in [1.54, 1.807) is 0 Å². The Morgan fingerprint density at radius 3 is 2.33 bits per heavy atom. The van der Waals surface area contributed by atoms with E-state index >= 15 is 0 Å². The molecule has 2 N–H and O–H groups in total. The van der Waals surface area contributed by atoms with Gasteiger partial charge >= 0.3 is 6.09 Å². The van der Waals surface area contributed by atoms with E-state index in [1.807, 2.05) is 52.0 Å². The molecular formula is C16H25NO4. The quantitative estimate of drug-likeness (QED) is 0.625. The molecule has 0 saturated heterocycles. The number of ether oxygens (including phenoxy) is 1. The third-order valence-corrected chi connectivity index (χ3v) is 2.81. The smallest absolute Gasteiger partial charge is 0.407 e. The van der Waals surface area contributed by atoms with Crippen molar-refractivity contribution < 1.29 is 19.7 Å². The fraction of sp³-hybridized carbons (Fsp3) is 0.562. The zero-order valence-corrected chi connectivity index (χ0v) is 13.2. The van der Waals surface area contributed by atoms with Crippen molar-refractivity contribution in [1.82, 2.24) is 5.32 Å². The van der Waals surface area contributed by atoms with Gasteiger partial charge in [0.05, 0.1) is 6.61 Å². The van der Waals surface area contributed by atoms with Crippen LogP contribution >= 0.6 is 0 Å². The first-order chi connectivity index (χ1) is 9.80. The largest absolute Gasteiger partial charge is 0.444 e. The number of carbonyl (C=O) groups excluding carboxylic acids is 1. The summed E-state index contributed by atoms with van der Waals surface area (Å²) >= 11 is 0. The lowest BCUT2D eigenvalue weighted by atomic mass is 10.0. The highest BCUT2D eigenvalue weighted by atomic mass is 17.1. The van der Waals surface area contributed by atoms with Gasteiger partial charge in [-0.25, -0.2) is 9.68 Å². The van der Waals surface area contributed by atoms with Crippen LogP contribution in [0.1, 0.15) is 38.8 Å². The maximum atomic E-state index is 11.7. The summed E-state index contributed by atoms with van der Waals surface area (Å²) in [5.41, 5.74) is 1.74. The third kappa shape index (κ3) is 7.68. The first kappa shape index (κ1) is 17.5. The molecule has 0 spiro atoms. The molecule has 1 aromatic rings. The van der Waals surface area contributed by atoms with E-state index in [9.17, 15) is 4.79 Å². The second kappa shape index (κ2) is 8.00. The SMILES string of the molecule is CC(Cc1ccc(CCOO)cc1)NC(=O)OC(C)(C)C. The Bertz CT molecular complexity index is 437. The van der Waals surface area contributed by atoms with Gasteiger partial charge in [0.25, 0.3) is 0 Å². The average Bonchev–Trinajstić information content (AvgIpc) is 2.35. The van der Waals surface area contributed by atoms with Crippen LogP contribution in [0.2, 0.25) is 0 Å². The van der Waals surface area contributed by atoms with Gasteiger partial charge in [-0.05, 0) is 51.7 Å². The van der Waals surface area contributed by atoms with Crippen LogP contribution in [0.15, 0.2) is 24.3 Å². The molecule has 0 bridgehead atoms. The van der Waals surface area contributed by atoms with E-state index in [4.69, 9.17) is 9.99 Å². The van der Waals surface area contributed by atoms with Crippen molar-refractivity contribution in [3.05, 3.63) is 35.4 Å². The minimum absolute atomic E-state index is 0.00789. The van der Waals surface area contributed by atoms with Crippen molar-refractivity contribution in [3.8, 4) is 0 Å². The molecule has 0 saturated carbocycles. The molecule has 1 unspecified atom stereocenters. The van der Waals surface area contributed by atoms with E-state index in [-0.39, 0.29) is 12.6 Å². The highest BCUT2D eigenvalue weighted by Crippen LogP contribution is 2.10. The van der Waals surface area contributed by atoms with E-state index < -0.39 is 11.7 Å². The Hall–Kier alpha value is -1.59. The van der Waals surface area contributed by atoms with Crippen molar-refractivity contribution in [2.75, 3.05) is 6.61 Å². The summed E-state index contributed by atoms with van der Waals surface area (Å²) in [5, 5.41) is 11.1. The van der Waals surface area contributed by atoms with Gasteiger partial charge < -0.3 is 10.1 Å². The molecule has 0 aliphatic carbocycles. The summed E-state index contributed by atoms with van der Waals surface area (Å²) in [4.78, 5) is 15.7. The molecule has 5 nitrogen and oxygen atoms in total. The van der Waals surface area contributed by atoms with Crippen molar-refractivity contribution in [2.24, 2.45) is 0 Å². The third-order valence-electron chi connectivity index (χ3n) is 2.81. The summed E-state index contributed by atoms with van der Waals surface area (Å²) in [6, 6.07) is 8.01. The minimum Gasteiger partial charge on any atom is -0.444 e. The van der Waals surface area contributed by atoms with Gasteiger partial charge in [0.2, 0.25) is 0 Å². The Morgan fingerprint density at radius 1 is 1.24 bits per heavy atom. The van der Waals surface area contributed by atoms with Gasteiger partial charge in [-0.15, -0.1) is 0 Å². The molecule has 5 heteroatoms. The van der Waals surface area contributed by atoms with Crippen LogP contribution in [-0.4, -0.2) is 29.6 Å². The van der Waals surface area contributed by atoms with Crippen molar-refractivity contribution in [2.45, 2.75) is 52.2 Å². The molecule has 1 atom stereocenters. The minimum atomic E-state index is -0.486. The van der Waals surface area contributed by atoms with Crippen molar-refractivity contribution >= 4 is 6.09 Å². The summed E-state index contributed by atoms with van der Waals surface area (Å²) < 4.78 is 5.22. The van der Waals surface area contributed by atoms with Crippen LogP contribution in [0.3, 0.4) is 0 Å². The zero-order valence-electron chi connectivity index (χ0n) is 13.2. The maximum absolute atomic E-state index is 11.7. The molecule has 1 rings (SSSR count). The van der Waals surface area contributed by atoms with Crippen LogP contribution in [0.4, 0.5) is 4.79 Å². The Kier molecular flexibility index (Phi) is 6.65. The highest BCUT2D eigenvalue weighted by molar-refractivity contribution is 5.68. The van der Waals surface area contributed by atoms with E-state index in [2.05, 4.69) is 10.2 Å². The number of benzene rings is 1. The van der Waals surface area contributed by atoms with Crippen LogP contribution < -0.4 is 5.32 Å². The number of hydrogen-bond acceptors (Lipinski definition) is 4. The molecule has 21 heavy (non-hydrogen) atoms. The maximum Gasteiger partial charge on any atom is 0.407 e. The first-order valence-corrected chi connectivity index (χ1v) is 7.14. The van der Waals surface area contributed by atoms with Gasteiger partial charge in [-0.1, -0.05) is 24.3 Å². The number of hydrogen-bond donors (Lipinski definition) is 2. The second-order valence-electron chi connectivity index (χ2n) is 6.15. The standard InChI is InChI=1S/C16H25NO4/c1-12(17-15(18)21-16(2,3)4)11-14-7-5-13(6-8-14)9-10-20-19/h5-8,12,19H,9-11H2,1-4H3,(H,17,18). The number of amides is 1. The van der Waals surface area contributed by atoms with E-state index in [1.165, 1.54) is 0 Å². The van der Waals surface area contributed by atoms with Crippen LogP contribution in [-0.2, 0) is 22.5 Å². The highest BCUT2D eigenvalue weighted by Gasteiger charge is 2.17. The average molecular weight is 295 g/mol. The molecule has 0 radical (unpaired) electrons. The monoisotopic (exact) mass is 295 g/mol. The van der Waals surface area contributed by atoms with Crippen LogP contribution in [0.5, 0.6) is 0 Å².